The molecule has 1 saturated carbocycles. The van der Waals surface area contributed by atoms with E-state index in [1.165, 1.54) is 0 Å². The van der Waals surface area contributed by atoms with Crippen LogP contribution in [0.4, 0.5) is 0 Å². The fourth-order valence-corrected chi connectivity index (χ4v) is 7.21. The molecule has 226 valence electrons. The van der Waals surface area contributed by atoms with Gasteiger partial charge in [-0.1, -0.05) is 136 Å². The van der Waals surface area contributed by atoms with E-state index in [2.05, 4.69) is 45.6 Å². The molecular weight excluding hydrogens is 556 g/mol. The highest BCUT2D eigenvalue weighted by Crippen LogP contribution is 2.48. The van der Waals surface area contributed by atoms with Crippen LogP contribution in [0.25, 0.3) is 21.5 Å². The molecule has 5 aromatic rings. The second-order valence-corrected chi connectivity index (χ2v) is 12.1. The first-order chi connectivity index (χ1) is 21.9. The van der Waals surface area contributed by atoms with Crippen molar-refractivity contribution in [2.45, 2.75) is 38.9 Å². The van der Waals surface area contributed by atoms with E-state index in [4.69, 9.17) is 9.47 Å². The smallest absolute Gasteiger partial charge is 0.339 e. The Hall–Kier alpha value is -4.96. The minimum atomic E-state index is -0.727. The third-order valence-corrected chi connectivity index (χ3v) is 9.50. The van der Waals surface area contributed by atoms with Crippen molar-refractivity contribution in [1.29, 1.82) is 0 Å². The van der Waals surface area contributed by atoms with Gasteiger partial charge in [-0.25, -0.2) is 9.59 Å². The van der Waals surface area contributed by atoms with E-state index in [1.807, 2.05) is 91.0 Å². The van der Waals surface area contributed by atoms with Gasteiger partial charge in [-0.2, -0.15) is 0 Å². The summed E-state index contributed by atoms with van der Waals surface area (Å²) in [6.07, 6.45) is 4.44. The fourth-order valence-electron chi connectivity index (χ4n) is 7.21. The first kappa shape index (κ1) is 30.1. The molecule has 45 heavy (non-hydrogen) atoms. The summed E-state index contributed by atoms with van der Waals surface area (Å²) in [7, 11) is 0. The van der Waals surface area contributed by atoms with Gasteiger partial charge in [0.1, 0.15) is 12.2 Å². The molecule has 0 amide bonds. The molecule has 1 aliphatic carbocycles. The molecule has 0 bridgehead atoms. The Morgan fingerprint density at radius 3 is 1.73 bits per heavy atom. The van der Waals surface area contributed by atoms with Crippen molar-refractivity contribution >= 4 is 33.5 Å². The van der Waals surface area contributed by atoms with Crippen LogP contribution >= 0.6 is 0 Å². The molecule has 0 aromatic heterocycles. The lowest BCUT2D eigenvalue weighted by atomic mass is 9.62. The summed E-state index contributed by atoms with van der Waals surface area (Å²) >= 11 is 0. The van der Waals surface area contributed by atoms with Crippen molar-refractivity contribution in [2.24, 2.45) is 17.8 Å². The number of benzene rings is 5. The van der Waals surface area contributed by atoms with Gasteiger partial charge in [0.2, 0.25) is 0 Å². The fraction of sp³-hybridized carbons (Fsp3) is 0.220. The highest BCUT2D eigenvalue weighted by Gasteiger charge is 2.51. The van der Waals surface area contributed by atoms with Gasteiger partial charge in [-0.3, -0.25) is 0 Å². The monoisotopic (exact) mass is 594 g/mol. The van der Waals surface area contributed by atoms with Gasteiger partial charge in [0, 0.05) is 11.8 Å². The first-order valence-corrected chi connectivity index (χ1v) is 15.6. The molecule has 0 spiro atoms. The number of hydrogen-bond donors (Lipinski definition) is 0. The minimum absolute atomic E-state index is 0.0328. The van der Waals surface area contributed by atoms with Crippen LogP contribution in [0.1, 0.15) is 51.6 Å². The van der Waals surface area contributed by atoms with Crippen LogP contribution in [-0.2, 0) is 9.47 Å². The maximum atomic E-state index is 14.1. The number of esters is 2. The molecule has 4 heteroatoms. The van der Waals surface area contributed by atoms with Crippen molar-refractivity contribution in [3.8, 4) is 0 Å². The summed E-state index contributed by atoms with van der Waals surface area (Å²) in [4.78, 5) is 28.2. The average molecular weight is 595 g/mol. The van der Waals surface area contributed by atoms with E-state index in [9.17, 15) is 9.59 Å². The van der Waals surface area contributed by atoms with Crippen LogP contribution in [0.15, 0.2) is 134 Å². The molecule has 5 unspecified atom stereocenters. The summed E-state index contributed by atoms with van der Waals surface area (Å²) in [6, 6.07) is 35.1. The minimum Gasteiger partial charge on any atom is -0.454 e. The number of aryl methyl sites for hydroxylation is 1. The third-order valence-electron chi connectivity index (χ3n) is 9.50. The Labute approximate surface area is 265 Å². The number of fused-ring (bicyclic) bond motifs is 2. The number of allylic oxidation sites excluding steroid dienone is 3. The Kier molecular flexibility index (Phi) is 8.66. The van der Waals surface area contributed by atoms with Gasteiger partial charge in [0.05, 0.1) is 11.1 Å². The molecule has 0 aliphatic heterocycles. The summed E-state index contributed by atoms with van der Waals surface area (Å²) in [5.74, 6) is -1.15. The molecule has 6 rings (SSSR count). The van der Waals surface area contributed by atoms with E-state index >= 15 is 0 Å². The summed E-state index contributed by atoms with van der Waals surface area (Å²) < 4.78 is 13.1. The zero-order valence-corrected chi connectivity index (χ0v) is 25.9. The highest BCUT2D eigenvalue weighted by molar-refractivity contribution is 6.05. The zero-order valence-electron chi connectivity index (χ0n) is 25.9. The molecule has 5 aromatic carbocycles. The Morgan fingerprint density at radius 2 is 1.16 bits per heavy atom. The van der Waals surface area contributed by atoms with E-state index in [0.717, 1.165) is 32.7 Å². The molecule has 0 saturated heterocycles. The van der Waals surface area contributed by atoms with E-state index < -0.39 is 24.1 Å². The predicted octanol–water partition coefficient (Wildman–Crippen LogP) is 9.48. The normalized spacial score (nSPS) is 23.2. The lowest BCUT2D eigenvalue weighted by Crippen LogP contribution is -2.53. The lowest BCUT2D eigenvalue weighted by Gasteiger charge is -2.48. The standard InChI is InChI=1S/C41H38O4/c1-5-6-20-32-27(3)37(31-21-10-7-15-26(31)2)39(45-41(43)36-25-14-19-30-17-9-12-23-34(30)36)38(28(32)4)44-40(42)35-24-13-18-29-16-8-11-22-33(29)35/h5-25,27-28,32,37-39H,1H2,2-4H3/b20-6-/t27-,28?,32?,37?,38?,39?/m0/s1. The topological polar surface area (TPSA) is 52.6 Å². The van der Waals surface area contributed by atoms with Crippen molar-refractivity contribution < 1.29 is 19.1 Å². The predicted molar refractivity (Wildman–Crippen MR) is 181 cm³/mol. The van der Waals surface area contributed by atoms with Crippen LogP contribution in [0.2, 0.25) is 0 Å². The largest absolute Gasteiger partial charge is 0.454 e. The average Bonchev–Trinajstić information content (AvgIpc) is 3.06. The van der Waals surface area contributed by atoms with Crippen LogP contribution in [0.5, 0.6) is 0 Å². The maximum Gasteiger partial charge on any atom is 0.339 e. The van der Waals surface area contributed by atoms with Crippen LogP contribution in [-0.4, -0.2) is 24.1 Å². The van der Waals surface area contributed by atoms with Crippen molar-refractivity contribution in [1.82, 2.24) is 0 Å². The van der Waals surface area contributed by atoms with Crippen molar-refractivity contribution in [3.05, 3.63) is 156 Å². The first-order valence-electron chi connectivity index (χ1n) is 15.6. The SMILES string of the molecule is C=C/C=C\C1C(C)C(OC(=O)c2cccc3ccccc23)C(OC(=O)c2cccc3ccccc23)C(c2ccccc2C)[C@H]1C. The van der Waals surface area contributed by atoms with Crippen LogP contribution in [0, 0.1) is 24.7 Å². The second-order valence-electron chi connectivity index (χ2n) is 12.1. The van der Waals surface area contributed by atoms with Gasteiger partial charge in [0.25, 0.3) is 0 Å². The van der Waals surface area contributed by atoms with E-state index in [0.29, 0.717) is 11.1 Å². The third kappa shape index (κ3) is 5.81. The number of ether oxygens (including phenoxy) is 2. The number of rotatable bonds is 7. The maximum absolute atomic E-state index is 14.1. The second kappa shape index (κ2) is 13.0. The number of carbonyl (C=O) groups is 2. The highest BCUT2D eigenvalue weighted by atomic mass is 16.6. The van der Waals surface area contributed by atoms with Gasteiger partial charge in [-0.15, -0.1) is 0 Å². The Bertz CT molecular complexity index is 1890. The van der Waals surface area contributed by atoms with Gasteiger partial charge in [-0.05, 0) is 63.6 Å². The van der Waals surface area contributed by atoms with Crippen LogP contribution in [0.3, 0.4) is 0 Å². The van der Waals surface area contributed by atoms with Crippen molar-refractivity contribution in [3.63, 3.8) is 0 Å². The quantitative estimate of drug-likeness (QED) is 0.139. The van der Waals surface area contributed by atoms with Gasteiger partial charge in [0.15, 0.2) is 0 Å². The molecule has 1 aliphatic rings. The molecule has 0 N–H and O–H groups in total. The molecule has 1 fully saturated rings. The molecular formula is C41H38O4. The summed E-state index contributed by atoms with van der Waals surface area (Å²) in [5, 5.41) is 3.57. The zero-order chi connectivity index (χ0) is 31.5. The molecule has 0 radical (unpaired) electrons. The number of hydrogen-bond acceptors (Lipinski definition) is 4. The van der Waals surface area contributed by atoms with Gasteiger partial charge < -0.3 is 9.47 Å². The van der Waals surface area contributed by atoms with Gasteiger partial charge >= 0.3 is 11.9 Å². The summed E-state index contributed by atoms with van der Waals surface area (Å²) in [6.45, 7) is 10.3. The number of carbonyl (C=O) groups excluding carboxylic acids is 2. The van der Waals surface area contributed by atoms with Crippen LogP contribution < -0.4 is 0 Å². The van der Waals surface area contributed by atoms with Crippen molar-refractivity contribution in [2.75, 3.05) is 0 Å². The lowest BCUT2D eigenvalue weighted by molar-refractivity contribution is -0.103. The summed E-state index contributed by atoms with van der Waals surface area (Å²) in [5.41, 5.74) is 3.16. The Morgan fingerprint density at radius 1 is 0.644 bits per heavy atom. The van der Waals surface area contributed by atoms with E-state index in [-0.39, 0.29) is 23.7 Å². The van der Waals surface area contributed by atoms with E-state index in [1.54, 1.807) is 18.2 Å². The Balaban J connectivity index is 1.47. The molecule has 6 atom stereocenters. The molecule has 0 heterocycles. The molecule has 4 nitrogen and oxygen atoms in total.